The zero-order valence-electron chi connectivity index (χ0n) is 15.0. The lowest BCUT2D eigenvalue weighted by molar-refractivity contribution is -0.141. The van der Waals surface area contributed by atoms with Gasteiger partial charge in [0.05, 0.1) is 18.2 Å². The molecule has 0 aliphatic carbocycles. The summed E-state index contributed by atoms with van der Waals surface area (Å²) >= 11 is 0. The lowest BCUT2D eigenvalue weighted by Crippen LogP contribution is -2.33. The maximum atomic E-state index is 12.3. The molecule has 1 heterocycles. The van der Waals surface area contributed by atoms with Crippen LogP contribution in [0.4, 0.5) is 0 Å². The molecule has 1 aromatic carbocycles. The van der Waals surface area contributed by atoms with E-state index in [0.29, 0.717) is 18.5 Å². The van der Waals surface area contributed by atoms with Crippen LogP contribution in [0, 0.1) is 19.8 Å². The molecular formula is C19H25N3O3. The van der Waals surface area contributed by atoms with Crippen molar-refractivity contribution in [3.05, 3.63) is 52.8 Å². The first-order valence-corrected chi connectivity index (χ1v) is 8.51. The Morgan fingerprint density at radius 3 is 2.64 bits per heavy atom. The van der Waals surface area contributed by atoms with E-state index in [2.05, 4.69) is 10.4 Å². The van der Waals surface area contributed by atoms with Gasteiger partial charge in [0.1, 0.15) is 0 Å². The van der Waals surface area contributed by atoms with Crippen LogP contribution in [0.3, 0.4) is 0 Å². The normalized spacial score (nSPS) is 12.0. The van der Waals surface area contributed by atoms with Crippen LogP contribution in [-0.2, 0) is 11.3 Å². The first kappa shape index (κ1) is 18.7. The Labute approximate surface area is 147 Å². The third-order valence-electron chi connectivity index (χ3n) is 4.12. The summed E-state index contributed by atoms with van der Waals surface area (Å²) in [5.74, 6) is -1.68. The van der Waals surface area contributed by atoms with Gasteiger partial charge in [-0.15, -0.1) is 0 Å². The predicted molar refractivity (Wildman–Crippen MR) is 95.6 cm³/mol. The molecule has 0 spiro atoms. The van der Waals surface area contributed by atoms with Gasteiger partial charge in [-0.1, -0.05) is 25.5 Å². The molecular weight excluding hydrogens is 318 g/mol. The third-order valence-corrected chi connectivity index (χ3v) is 4.12. The monoisotopic (exact) mass is 343 g/mol. The zero-order valence-corrected chi connectivity index (χ0v) is 15.0. The number of aliphatic carboxylic acids is 1. The van der Waals surface area contributed by atoms with Crippen LogP contribution >= 0.6 is 0 Å². The molecule has 25 heavy (non-hydrogen) atoms. The summed E-state index contributed by atoms with van der Waals surface area (Å²) in [6.45, 7) is 6.61. The van der Waals surface area contributed by atoms with E-state index in [1.54, 1.807) is 6.07 Å². The predicted octanol–water partition coefficient (Wildman–Crippen LogP) is 2.78. The molecule has 134 valence electrons. The lowest BCUT2D eigenvalue weighted by Gasteiger charge is -2.13. The smallest absolute Gasteiger partial charge is 0.308 e. The van der Waals surface area contributed by atoms with E-state index >= 15 is 0 Å². The van der Waals surface area contributed by atoms with Crippen LogP contribution in [0.1, 0.15) is 47.1 Å². The zero-order chi connectivity index (χ0) is 18.4. The van der Waals surface area contributed by atoms with Gasteiger partial charge in [-0.2, -0.15) is 5.10 Å². The quantitative estimate of drug-likeness (QED) is 0.772. The molecule has 1 atom stereocenters. The molecule has 1 aromatic heterocycles. The fraction of sp³-hybridized carbons (Fsp3) is 0.421. The molecule has 1 amide bonds. The number of nitrogens with zero attached hydrogens (tertiary/aromatic N) is 2. The van der Waals surface area contributed by atoms with Crippen molar-refractivity contribution in [2.24, 2.45) is 5.92 Å². The van der Waals surface area contributed by atoms with Crippen LogP contribution in [0.15, 0.2) is 30.3 Å². The largest absolute Gasteiger partial charge is 0.481 e. The maximum absolute atomic E-state index is 12.3. The minimum absolute atomic E-state index is 0.143. The van der Waals surface area contributed by atoms with Crippen molar-refractivity contribution in [1.82, 2.24) is 15.1 Å². The first-order valence-electron chi connectivity index (χ1n) is 8.51. The second kappa shape index (κ2) is 8.46. The third kappa shape index (κ3) is 5.17. The number of hydrogen-bond acceptors (Lipinski definition) is 3. The average molecular weight is 343 g/mol. The van der Waals surface area contributed by atoms with Gasteiger partial charge in [0.15, 0.2) is 0 Å². The van der Waals surface area contributed by atoms with E-state index in [4.69, 9.17) is 5.11 Å². The van der Waals surface area contributed by atoms with E-state index in [9.17, 15) is 9.59 Å². The highest BCUT2D eigenvalue weighted by Crippen LogP contribution is 2.11. The standard InChI is InChI=1S/C19H25N3O3/c1-4-6-17(19(24)25)11-20-18(23)16-8-5-7-15(10-16)12-22-14(3)9-13(2)21-22/h5,7-10,17H,4,6,11-12H2,1-3H3,(H,20,23)(H,24,25). The maximum Gasteiger partial charge on any atom is 0.308 e. The fourth-order valence-electron chi connectivity index (χ4n) is 2.80. The van der Waals surface area contributed by atoms with E-state index in [1.165, 1.54) is 0 Å². The van der Waals surface area contributed by atoms with E-state index < -0.39 is 11.9 Å². The number of nitrogens with one attached hydrogen (secondary N) is 1. The van der Waals surface area contributed by atoms with E-state index in [1.807, 2.05) is 49.7 Å². The van der Waals surface area contributed by atoms with Crippen molar-refractivity contribution in [2.45, 2.75) is 40.2 Å². The van der Waals surface area contributed by atoms with Gasteiger partial charge in [-0.3, -0.25) is 14.3 Å². The van der Waals surface area contributed by atoms with Crippen LogP contribution < -0.4 is 5.32 Å². The van der Waals surface area contributed by atoms with Gasteiger partial charge in [-0.05, 0) is 44.0 Å². The Morgan fingerprint density at radius 2 is 2.04 bits per heavy atom. The van der Waals surface area contributed by atoms with Crippen molar-refractivity contribution in [3.8, 4) is 0 Å². The van der Waals surface area contributed by atoms with Gasteiger partial charge >= 0.3 is 5.97 Å². The van der Waals surface area contributed by atoms with Crippen LogP contribution in [-0.4, -0.2) is 33.3 Å². The molecule has 0 aliphatic heterocycles. The number of benzene rings is 1. The topological polar surface area (TPSA) is 84.2 Å². The number of carbonyl (C=O) groups is 2. The van der Waals surface area contributed by atoms with Crippen molar-refractivity contribution in [3.63, 3.8) is 0 Å². The number of rotatable bonds is 8. The molecule has 6 nitrogen and oxygen atoms in total. The van der Waals surface area contributed by atoms with Gasteiger partial charge in [0.25, 0.3) is 5.91 Å². The summed E-state index contributed by atoms with van der Waals surface area (Å²) in [5.41, 5.74) is 3.53. The summed E-state index contributed by atoms with van der Waals surface area (Å²) in [5, 5.41) is 16.3. The highest BCUT2D eigenvalue weighted by atomic mass is 16.4. The number of carboxylic acid groups (broad SMARTS) is 1. The Morgan fingerprint density at radius 1 is 1.28 bits per heavy atom. The van der Waals surface area contributed by atoms with Gasteiger partial charge < -0.3 is 10.4 Å². The summed E-state index contributed by atoms with van der Waals surface area (Å²) in [6, 6.07) is 9.34. The molecule has 0 fully saturated rings. The first-order chi connectivity index (χ1) is 11.9. The van der Waals surface area contributed by atoms with E-state index in [0.717, 1.165) is 23.4 Å². The van der Waals surface area contributed by atoms with Crippen molar-refractivity contribution in [2.75, 3.05) is 6.54 Å². The molecule has 0 aliphatic rings. The Kier molecular flexibility index (Phi) is 6.33. The van der Waals surface area contributed by atoms with Crippen LogP contribution in [0.2, 0.25) is 0 Å². The van der Waals surface area contributed by atoms with Crippen LogP contribution in [0.5, 0.6) is 0 Å². The molecule has 2 aromatic rings. The molecule has 0 radical (unpaired) electrons. The Bertz CT molecular complexity index is 752. The summed E-state index contributed by atoms with van der Waals surface area (Å²) < 4.78 is 1.90. The van der Waals surface area contributed by atoms with Gasteiger partial charge in [-0.25, -0.2) is 0 Å². The highest BCUT2D eigenvalue weighted by molar-refractivity contribution is 5.94. The molecule has 0 saturated heterocycles. The number of aromatic nitrogens is 2. The second-order valence-electron chi connectivity index (χ2n) is 6.32. The summed E-state index contributed by atoms with van der Waals surface area (Å²) in [4.78, 5) is 23.5. The van der Waals surface area contributed by atoms with Crippen LogP contribution in [0.25, 0.3) is 0 Å². The van der Waals surface area contributed by atoms with E-state index in [-0.39, 0.29) is 12.5 Å². The molecule has 0 bridgehead atoms. The second-order valence-corrected chi connectivity index (χ2v) is 6.32. The highest BCUT2D eigenvalue weighted by Gasteiger charge is 2.17. The minimum atomic E-state index is -0.875. The number of carbonyl (C=O) groups excluding carboxylic acids is 1. The van der Waals surface area contributed by atoms with Gasteiger partial charge in [0.2, 0.25) is 0 Å². The van der Waals surface area contributed by atoms with Crippen molar-refractivity contribution in [1.29, 1.82) is 0 Å². The van der Waals surface area contributed by atoms with Crippen molar-refractivity contribution >= 4 is 11.9 Å². The average Bonchev–Trinajstić information content (AvgIpc) is 2.88. The number of amides is 1. The SMILES string of the molecule is CCCC(CNC(=O)c1cccc(Cn2nc(C)cc2C)c1)C(=O)O. The number of aryl methyl sites for hydroxylation is 2. The van der Waals surface area contributed by atoms with Crippen molar-refractivity contribution < 1.29 is 14.7 Å². The summed E-state index contributed by atoms with van der Waals surface area (Å²) in [6.07, 6.45) is 1.32. The number of carboxylic acids is 1. The molecule has 6 heteroatoms. The lowest BCUT2D eigenvalue weighted by atomic mass is 10.0. The minimum Gasteiger partial charge on any atom is -0.481 e. The summed E-state index contributed by atoms with van der Waals surface area (Å²) in [7, 11) is 0. The molecule has 0 saturated carbocycles. The molecule has 2 N–H and O–H groups in total. The number of hydrogen-bond donors (Lipinski definition) is 2. The Balaban J connectivity index is 2.03. The van der Waals surface area contributed by atoms with Gasteiger partial charge in [0, 0.05) is 17.8 Å². The molecule has 2 rings (SSSR count). The fourth-order valence-corrected chi connectivity index (χ4v) is 2.80. The molecule has 1 unspecified atom stereocenters. The Hall–Kier alpha value is -2.63.